The van der Waals surface area contributed by atoms with Gasteiger partial charge in [0.05, 0.1) is 5.52 Å². The zero-order chi connectivity index (χ0) is 22.8. The highest BCUT2D eigenvalue weighted by atomic mass is 79.9. The monoisotopic (exact) mass is 491 g/mol. The number of carbonyl (C=O) groups excluding carboxylic acids is 1. The van der Waals surface area contributed by atoms with Crippen LogP contribution in [0.15, 0.2) is 70.1 Å². The number of amides is 1. The number of H-pyrrole nitrogens is 1. The van der Waals surface area contributed by atoms with Gasteiger partial charge < -0.3 is 14.9 Å². The Morgan fingerprint density at radius 3 is 2.56 bits per heavy atom. The van der Waals surface area contributed by atoms with Gasteiger partial charge in [-0.1, -0.05) is 46.3 Å². The Bertz CT molecular complexity index is 1340. The summed E-state index contributed by atoms with van der Waals surface area (Å²) >= 11 is 3.53. The van der Waals surface area contributed by atoms with Gasteiger partial charge in [0.15, 0.2) is 0 Å². The molecule has 0 aliphatic heterocycles. The summed E-state index contributed by atoms with van der Waals surface area (Å²) < 4.78 is 2.98. The predicted octanol–water partition coefficient (Wildman–Crippen LogP) is 5.50. The average Bonchev–Trinajstić information content (AvgIpc) is 3.17. The molecule has 2 N–H and O–H groups in total. The van der Waals surface area contributed by atoms with Gasteiger partial charge in [0, 0.05) is 51.9 Å². The molecular formula is C26H26BrN3O2. The molecule has 5 nitrogen and oxygen atoms in total. The summed E-state index contributed by atoms with van der Waals surface area (Å²) in [5.41, 5.74) is 4.85. The fraction of sp³-hybridized carbons (Fsp3) is 0.231. The van der Waals surface area contributed by atoms with Gasteiger partial charge in [-0.15, -0.1) is 0 Å². The van der Waals surface area contributed by atoms with Crippen molar-refractivity contribution in [3.8, 4) is 0 Å². The Hall–Kier alpha value is -3.12. The quantitative estimate of drug-likeness (QED) is 0.373. The number of benzene rings is 2. The number of rotatable bonds is 6. The highest BCUT2D eigenvalue weighted by Gasteiger charge is 2.16. The number of halogens is 1. The minimum Gasteiger partial charge on any atom is -0.348 e. The minimum atomic E-state index is -0.204. The maximum atomic E-state index is 13.0. The second-order valence-electron chi connectivity index (χ2n) is 8.33. The third-order valence-electron chi connectivity index (χ3n) is 5.68. The van der Waals surface area contributed by atoms with Crippen LogP contribution in [0, 0.1) is 6.92 Å². The van der Waals surface area contributed by atoms with Gasteiger partial charge in [0.25, 0.3) is 11.5 Å². The van der Waals surface area contributed by atoms with Crippen LogP contribution in [0.2, 0.25) is 0 Å². The van der Waals surface area contributed by atoms with E-state index in [0.717, 1.165) is 32.2 Å². The van der Waals surface area contributed by atoms with Crippen LogP contribution in [0.25, 0.3) is 10.9 Å². The van der Waals surface area contributed by atoms with Crippen molar-refractivity contribution in [1.82, 2.24) is 14.9 Å². The Labute approximate surface area is 195 Å². The van der Waals surface area contributed by atoms with Gasteiger partial charge in [-0.05, 0) is 56.2 Å². The molecule has 0 saturated heterocycles. The van der Waals surface area contributed by atoms with Crippen molar-refractivity contribution < 1.29 is 4.79 Å². The molecule has 164 valence electrons. The largest absolute Gasteiger partial charge is 0.348 e. The molecule has 4 aromatic rings. The number of hydrogen-bond acceptors (Lipinski definition) is 2. The summed E-state index contributed by atoms with van der Waals surface area (Å²) in [5, 5.41) is 3.83. The number of pyridine rings is 1. The maximum Gasteiger partial charge on any atom is 0.253 e. The lowest BCUT2D eigenvalue weighted by atomic mass is 10.1. The van der Waals surface area contributed by atoms with Gasteiger partial charge >= 0.3 is 0 Å². The van der Waals surface area contributed by atoms with E-state index in [-0.39, 0.29) is 24.1 Å². The molecule has 1 amide bonds. The number of nitrogens with one attached hydrogen (secondary N) is 2. The topological polar surface area (TPSA) is 66.9 Å². The first-order valence-corrected chi connectivity index (χ1v) is 11.5. The zero-order valence-corrected chi connectivity index (χ0v) is 20.0. The minimum absolute atomic E-state index is 0.165. The fourth-order valence-corrected chi connectivity index (χ4v) is 4.49. The molecule has 6 heteroatoms. The van der Waals surface area contributed by atoms with Crippen molar-refractivity contribution in [3.05, 3.63) is 104 Å². The third-order valence-corrected chi connectivity index (χ3v) is 6.14. The van der Waals surface area contributed by atoms with Crippen LogP contribution in [0.3, 0.4) is 0 Å². The van der Waals surface area contributed by atoms with E-state index in [4.69, 9.17) is 0 Å². The molecule has 0 saturated carbocycles. The number of nitrogens with zero attached hydrogens (tertiary/aromatic N) is 1. The van der Waals surface area contributed by atoms with E-state index >= 15 is 0 Å². The van der Waals surface area contributed by atoms with Crippen LogP contribution in [0.5, 0.6) is 0 Å². The maximum absolute atomic E-state index is 13.0. The summed E-state index contributed by atoms with van der Waals surface area (Å²) in [6.07, 6.45) is 2.66. The molecule has 0 fully saturated rings. The second-order valence-corrected chi connectivity index (χ2v) is 9.25. The first kappa shape index (κ1) is 22.1. The number of aromatic amines is 1. The van der Waals surface area contributed by atoms with E-state index in [1.165, 1.54) is 0 Å². The SMILES string of the molecule is Cc1cc(Cc2ccccc2)[nH]c(=O)c1CNC(=O)c1cc(Br)cc2c1ccn2C(C)C. The number of fused-ring (bicyclic) bond motifs is 1. The van der Waals surface area contributed by atoms with Gasteiger partial charge in [0.1, 0.15) is 0 Å². The highest BCUT2D eigenvalue weighted by Crippen LogP contribution is 2.27. The van der Waals surface area contributed by atoms with Crippen molar-refractivity contribution in [3.63, 3.8) is 0 Å². The number of carbonyl (C=O) groups is 1. The van der Waals surface area contributed by atoms with Crippen LogP contribution in [0.4, 0.5) is 0 Å². The van der Waals surface area contributed by atoms with Crippen molar-refractivity contribution in [2.24, 2.45) is 0 Å². The molecule has 0 spiro atoms. The molecule has 2 aromatic heterocycles. The summed E-state index contributed by atoms with van der Waals surface area (Å²) in [6, 6.07) is 18.1. The molecule has 32 heavy (non-hydrogen) atoms. The lowest BCUT2D eigenvalue weighted by Crippen LogP contribution is -2.28. The molecular weight excluding hydrogens is 466 g/mol. The average molecular weight is 492 g/mol. The van der Waals surface area contributed by atoms with E-state index in [1.54, 1.807) is 0 Å². The standard InChI is InChI=1S/C26H26BrN3O2/c1-16(2)30-10-9-21-22(13-19(27)14-24(21)30)25(31)28-15-23-17(3)11-20(29-26(23)32)12-18-7-5-4-6-8-18/h4-11,13-14,16H,12,15H2,1-3H3,(H,28,31)(H,29,32). The molecule has 0 aliphatic carbocycles. The van der Waals surface area contributed by atoms with Gasteiger partial charge in [-0.25, -0.2) is 0 Å². The number of hydrogen-bond donors (Lipinski definition) is 2. The predicted molar refractivity (Wildman–Crippen MR) is 132 cm³/mol. The second kappa shape index (κ2) is 9.17. The lowest BCUT2D eigenvalue weighted by Gasteiger charge is -2.12. The van der Waals surface area contributed by atoms with Crippen molar-refractivity contribution in [2.75, 3.05) is 0 Å². The summed E-state index contributed by atoms with van der Waals surface area (Å²) in [7, 11) is 0. The summed E-state index contributed by atoms with van der Waals surface area (Å²) in [6.45, 7) is 6.29. The highest BCUT2D eigenvalue weighted by molar-refractivity contribution is 9.10. The molecule has 2 aromatic carbocycles. The van der Waals surface area contributed by atoms with E-state index in [1.807, 2.05) is 67.7 Å². The van der Waals surface area contributed by atoms with E-state index in [2.05, 4.69) is 44.6 Å². The molecule has 2 heterocycles. The molecule has 0 radical (unpaired) electrons. The Morgan fingerprint density at radius 2 is 1.88 bits per heavy atom. The molecule has 0 unspecified atom stereocenters. The molecule has 0 atom stereocenters. The Kier molecular flexibility index (Phi) is 6.33. The van der Waals surface area contributed by atoms with Gasteiger partial charge in [0.2, 0.25) is 0 Å². The van der Waals surface area contributed by atoms with Crippen LogP contribution in [0.1, 0.15) is 52.6 Å². The fourth-order valence-electron chi connectivity index (χ4n) is 4.05. The molecule has 0 bridgehead atoms. The molecule has 0 aliphatic rings. The van der Waals surface area contributed by atoms with Gasteiger partial charge in [-0.2, -0.15) is 0 Å². The van der Waals surface area contributed by atoms with E-state index in [9.17, 15) is 9.59 Å². The van der Waals surface area contributed by atoms with Crippen molar-refractivity contribution in [2.45, 2.75) is 39.8 Å². The first-order valence-electron chi connectivity index (χ1n) is 10.7. The summed E-state index contributed by atoms with van der Waals surface area (Å²) in [4.78, 5) is 28.7. The normalized spacial score (nSPS) is 11.3. The Balaban J connectivity index is 1.55. The lowest BCUT2D eigenvalue weighted by molar-refractivity contribution is 0.0952. The van der Waals surface area contributed by atoms with Gasteiger partial charge in [-0.3, -0.25) is 9.59 Å². The van der Waals surface area contributed by atoms with E-state index in [0.29, 0.717) is 17.5 Å². The van der Waals surface area contributed by atoms with Crippen LogP contribution in [-0.4, -0.2) is 15.5 Å². The van der Waals surface area contributed by atoms with Crippen molar-refractivity contribution in [1.29, 1.82) is 0 Å². The zero-order valence-electron chi connectivity index (χ0n) is 18.4. The third kappa shape index (κ3) is 4.55. The first-order chi connectivity index (χ1) is 15.3. The number of aryl methyl sites for hydroxylation is 1. The van der Waals surface area contributed by atoms with Crippen LogP contribution >= 0.6 is 15.9 Å². The summed E-state index contributed by atoms with van der Waals surface area (Å²) in [5.74, 6) is -0.204. The van der Waals surface area contributed by atoms with Crippen LogP contribution in [-0.2, 0) is 13.0 Å². The van der Waals surface area contributed by atoms with E-state index < -0.39 is 0 Å². The molecule has 4 rings (SSSR count). The number of aromatic nitrogens is 2. The van der Waals surface area contributed by atoms with Crippen LogP contribution < -0.4 is 10.9 Å². The smallest absolute Gasteiger partial charge is 0.253 e. The Morgan fingerprint density at radius 1 is 1.12 bits per heavy atom. The van der Waals surface area contributed by atoms with Crippen molar-refractivity contribution >= 4 is 32.7 Å².